The van der Waals surface area contributed by atoms with E-state index in [0.29, 0.717) is 5.92 Å². The Hall–Kier alpha value is -1.79. The summed E-state index contributed by atoms with van der Waals surface area (Å²) in [6.07, 6.45) is 0.942. The van der Waals surface area contributed by atoms with Crippen molar-refractivity contribution in [2.75, 3.05) is 53.0 Å². The van der Waals surface area contributed by atoms with Gasteiger partial charge in [-0.25, -0.2) is 0 Å². The van der Waals surface area contributed by atoms with Gasteiger partial charge in [-0.15, -0.1) is 0 Å². The molecule has 158 valence electrons. The second-order valence-electron chi connectivity index (χ2n) is 8.36. The number of guanidine groups is 1. The molecule has 0 aliphatic carbocycles. The lowest BCUT2D eigenvalue weighted by molar-refractivity contribution is -0.00833. The SMILES string of the molecule is CN=C(NCCc1ccc(OCC(C)C)cc1)NCC(C)(C)N1CCOCC1. The number of morpholine rings is 1. The first-order chi connectivity index (χ1) is 13.4. The van der Waals surface area contributed by atoms with Crippen LogP contribution in [0.3, 0.4) is 0 Å². The normalized spacial score (nSPS) is 16.3. The van der Waals surface area contributed by atoms with Crippen LogP contribution in [0.1, 0.15) is 33.3 Å². The monoisotopic (exact) mass is 390 g/mol. The van der Waals surface area contributed by atoms with Gasteiger partial charge in [0.1, 0.15) is 5.75 Å². The number of aliphatic imine (C=N–C) groups is 1. The number of nitrogens with zero attached hydrogens (tertiary/aromatic N) is 2. The molecule has 1 aromatic carbocycles. The van der Waals surface area contributed by atoms with Crippen LogP contribution < -0.4 is 15.4 Å². The molecule has 1 saturated heterocycles. The first kappa shape index (κ1) is 22.5. The smallest absolute Gasteiger partial charge is 0.191 e. The molecule has 2 N–H and O–H groups in total. The molecule has 1 fully saturated rings. The van der Waals surface area contributed by atoms with E-state index in [2.05, 4.69) is 72.5 Å². The fraction of sp³-hybridized carbons (Fsp3) is 0.682. The van der Waals surface area contributed by atoms with E-state index in [4.69, 9.17) is 9.47 Å². The van der Waals surface area contributed by atoms with Crippen molar-refractivity contribution in [3.8, 4) is 5.75 Å². The highest BCUT2D eigenvalue weighted by atomic mass is 16.5. The highest BCUT2D eigenvalue weighted by molar-refractivity contribution is 5.79. The molecule has 0 radical (unpaired) electrons. The lowest BCUT2D eigenvalue weighted by Gasteiger charge is -2.41. The van der Waals surface area contributed by atoms with E-state index >= 15 is 0 Å². The Morgan fingerprint density at radius 2 is 1.86 bits per heavy atom. The summed E-state index contributed by atoms with van der Waals surface area (Å²) in [6, 6.07) is 8.37. The molecule has 0 amide bonds. The summed E-state index contributed by atoms with van der Waals surface area (Å²) in [5.41, 5.74) is 1.35. The lowest BCUT2D eigenvalue weighted by Crippen LogP contribution is -2.56. The minimum Gasteiger partial charge on any atom is -0.493 e. The van der Waals surface area contributed by atoms with Crippen LogP contribution in [-0.4, -0.2) is 69.4 Å². The van der Waals surface area contributed by atoms with E-state index < -0.39 is 0 Å². The predicted molar refractivity (Wildman–Crippen MR) is 116 cm³/mol. The molecule has 0 atom stereocenters. The molecule has 28 heavy (non-hydrogen) atoms. The zero-order valence-corrected chi connectivity index (χ0v) is 18.3. The Balaban J connectivity index is 1.71. The van der Waals surface area contributed by atoms with Crippen molar-refractivity contribution in [1.82, 2.24) is 15.5 Å². The maximum Gasteiger partial charge on any atom is 0.191 e. The van der Waals surface area contributed by atoms with Gasteiger partial charge >= 0.3 is 0 Å². The van der Waals surface area contributed by atoms with Gasteiger partial charge in [-0.05, 0) is 43.9 Å². The third-order valence-electron chi connectivity index (χ3n) is 4.99. The van der Waals surface area contributed by atoms with Gasteiger partial charge in [-0.1, -0.05) is 26.0 Å². The van der Waals surface area contributed by atoms with Gasteiger partial charge in [0, 0.05) is 38.8 Å². The van der Waals surface area contributed by atoms with Crippen LogP contribution >= 0.6 is 0 Å². The Morgan fingerprint density at radius 3 is 2.46 bits per heavy atom. The summed E-state index contributed by atoms with van der Waals surface area (Å²) >= 11 is 0. The predicted octanol–water partition coefficient (Wildman–Crippen LogP) is 2.54. The summed E-state index contributed by atoms with van der Waals surface area (Å²) in [5, 5.41) is 6.88. The second kappa shape index (κ2) is 11.3. The summed E-state index contributed by atoms with van der Waals surface area (Å²) in [6.45, 7) is 14.9. The summed E-state index contributed by atoms with van der Waals surface area (Å²) in [4.78, 5) is 6.83. The molecule has 0 spiro atoms. The molecule has 1 heterocycles. The third-order valence-corrected chi connectivity index (χ3v) is 4.99. The van der Waals surface area contributed by atoms with Gasteiger partial charge < -0.3 is 20.1 Å². The Morgan fingerprint density at radius 1 is 1.18 bits per heavy atom. The van der Waals surface area contributed by atoms with E-state index in [9.17, 15) is 0 Å². The molecule has 6 heteroatoms. The topological polar surface area (TPSA) is 58.1 Å². The molecule has 6 nitrogen and oxygen atoms in total. The standard InChI is InChI=1S/C22H38N4O2/c1-18(2)16-28-20-8-6-19(7-9-20)10-11-24-21(23-5)25-17-22(3,4)26-12-14-27-15-13-26/h6-9,18H,10-17H2,1-5H3,(H2,23,24,25). The van der Waals surface area contributed by atoms with Crippen LogP contribution in [0, 0.1) is 5.92 Å². The van der Waals surface area contributed by atoms with Crippen LogP contribution in [0.2, 0.25) is 0 Å². The van der Waals surface area contributed by atoms with Crippen molar-refractivity contribution in [1.29, 1.82) is 0 Å². The maximum absolute atomic E-state index is 5.74. The first-order valence-electron chi connectivity index (χ1n) is 10.4. The van der Waals surface area contributed by atoms with Crippen LogP contribution in [0.4, 0.5) is 0 Å². The summed E-state index contributed by atoms with van der Waals surface area (Å²) in [5.74, 6) is 2.32. The molecule has 1 aromatic rings. The Kier molecular flexibility index (Phi) is 9.06. The van der Waals surface area contributed by atoms with Crippen molar-refractivity contribution >= 4 is 5.96 Å². The number of hydrogen-bond donors (Lipinski definition) is 2. The van der Waals surface area contributed by atoms with Crippen molar-refractivity contribution in [2.24, 2.45) is 10.9 Å². The molecule has 0 saturated carbocycles. The molecule has 0 bridgehead atoms. The second-order valence-corrected chi connectivity index (χ2v) is 8.36. The van der Waals surface area contributed by atoms with E-state index in [1.54, 1.807) is 0 Å². The summed E-state index contributed by atoms with van der Waals surface area (Å²) < 4.78 is 11.2. The minimum atomic E-state index is 0.0627. The average Bonchev–Trinajstić information content (AvgIpc) is 2.70. The van der Waals surface area contributed by atoms with Crippen LogP contribution in [0.15, 0.2) is 29.3 Å². The van der Waals surface area contributed by atoms with Crippen molar-refractivity contribution in [2.45, 2.75) is 39.7 Å². The van der Waals surface area contributed by atoms with E-state index in [1.165, 1.54) is 5.56 Å². The minimum absolute atomic E-state index is 0.0627. The van der Waals surface area contributed by atoms with Gasteiger partial charge in [0.15, 0.2) is 5.96 Å². The molecule has 1 aliphatic rings. The lowest BCUT2D eigenvalue weighted by atomic mass is 10.0. The third kappa shape index (κ3) is 7.68. The van der Waals surface area contributed by atoms with Crippen molar-refractivity contribution in [3.63, 3.8) is 0 Å². The Bertz CT molecular complexity index is 593. The molecular formula is C22H38N4O2. The quantitative estimate of drug-likeness (QED) is 0.501. The van der Waals surface area contributed by atoms with E-state index in [1.807, 2.05) is 7.05 Å². The van der Waals surface area contributed by atoms with Gasteiger partial charge in [0.25, 0.3) is 0 Å². The van der Waals surface area contributed by atoms with E-state index in [-0.39, 0.29) is 5.54 Å². The molecule has 2 rings (SSSR count). The zero-order chi connectivity index (χ0) is 20.4. The molecule has 0 unspecified atom stereocenters. The Labute approximate surface area is 170 Å². The van der Waals surface area contributed by atoms with Gasteiger partial charge in [-0.3, -0.25) is 9.89 Å². The van der Waals surface area contributed by atoms with Gasteiger partial charge in [-0.2, -0.15) is 0 Å². The first-order valence-corrected chi connectivity index (χ1v) is 10.4. The maximum atomic E-state index is 5.74. The number of hydrogen-bond acceptors (Lipinski definition) is 4. The molecular weight excluding hydrogens is 352 g/mol. The fourth-order valence-corrected chi connectivity index (χ4v) is 3.14. The fourth-order valence-electron chi connectivity index (χ4n) is 3.14. The number of benzene rings is 1. The average molecular weight is 391 g/mol. The number of rotatable bonds is 9. The van der Waals surface area contributed by atoms with Gasteiger partial charge in [0.05, 0.1) is 19.8 Å². The number of ether oxygens (including phenoxy) is 2. The van der Waals surface area contributed by atoms with Crippen LogP contribution in [0.5, 0.6) is 5.75 Å². The zero-order valence-electron chi connectivity index (χ0n) is 18.3. The largest absolute Gasteiger partial charge is 0.493 e. The molecule has 0 aromatic heterocycles. The van der Waals surface area contributed by atoms with Crippen molar-refractivity contribution in [3.05, 3.63) is 29.8 Å². The molecule has 1 aliphatic heterocycles. The highest BCUT2D eigenvalue weighted by Gasteiger charge is 2.28. The number of nitrogens with one attached hydrogen (secondary N) is 2. The summed E-state index contributed by atoms with van der Waals surface area (Å²) in [7, 11) is 1.82. The van der Waals surface area contributed by atoms with Crippen LogP contribution in [0.25, 0.3) is 0 Å². The van der Waals surface area contributed by atoms with E-state index in [0.717, 1.165) is 64.1 Å². The van der Waals surface area contributed by atoms with Gasteiger partial charge in [0.2, 0.25) is 0 Å². The highest BCUT2D eigenvalue weighted by Crippen LogP contribution is 2.15. The van der Waals surface area contributed by atoms with Crippen molar-refractivity contribution < 1.29 is 9.47 Å². The van der Waals surface area contributed by atoms with Crippen LogP contribution in [-0.2, 0) is 11.2 Å².